The number of pyridine rings is 1. The number of halogens is 1. The molecule has 0 saturated carbocycles. The van der Waals surface area contributed by atoms with Crippen LogP contribution in [-0.2, 0) is 6.61 Å². The topological polar surface area (TPSA) is 42.4 Å². The summed E-state index contributed by atoms with van der Waals surface area (Å²) in [6.07, 6.45) is -0.693. The lowest BCUT2D eigenvalue weighted by molar-refractivity contribution is 0.198. The fourth-order valence-electron chi connectivity index (χ4n) is 1.73. The maximum atomic E-state index is 13.7. The van der Waals surface area contributed by atoms with Gasteiger partial charge in [0, 0.05) is 5.69 Å². The van der Waals surface area contributed by atoms with Crippen molar-refractivity contribution in [2.45, 2.75) is 26.6 Å². The van der Waals surface area contributed by atoms with E-state index < -0.39 is 11.9 Å². The summed E-state index contributed by atoms with van der Waals surface area (Å²) in [5, 5.41) is 9.36. The highest BCUT2D eigenvalue weighted by molar-refractivity contribution is 5.30. The monoisotopic (exact) mass is 261 g/mol. The lowest BCUT2D eigenvalue weighted by Gasteiger charge is -2.10. The first kappa shape index (κ1) is 13.5. The van der Waals surface area contributed by atoms with Crippen molar-refractivity contribution in [1.29, 1.82) is 0 Å². The van der Waals surface area contributed by atoms with Crippen LogP contribution in [0.15, 0.2) is 36.4 Å². The number of rotatable bonds is 4. The minimum absolute atomic E-state index is 0.160. The lowest BCUT2D eigenvalue weighted by atomic mass is 10.1. The van der Waals surface area contributed by atoms with Crippen molar-refractivity contribution in [1.82, 2.24) is 4.98 Å². The summed E-state index contributed by atoms with van der Waals surface area (Å²) in [7, 11) is 0. The Morgan fingerprint density at radius 2 is 2.11 bits per heavy atom. The third-order valence-electron chi connectivity index (χ3n) is 2.76. The highest BCUT2D eigenvalue weighted by atomic mass is 19.1. The Morgan fingerprint density at radius 1 is 1.32 bits per heavy atom. The van der Waals surface area contributed by atoms with Crippen molar-refractivity contribution >= 4 is 0 Å². The first-order valence-electron chi connectivity index (χ1n) is 6.09. The number of ether oxygens (including phenoxy) is 1. The number of aromatic nitrogens is 1. The summed E-state index contributed by atoms with van der Waals surface area (Å²) < 4.78 is 19.1. The molecule has 1 aromatic heterocycles. The molecule has 0 spiro atoms. The van der Waals surface area contributed by atoms with Gasteiger partial charge in [-0.3, -0.25) is 4.98 Å². The third-order valence-corrected chi connectivity index (χ3v) is 2.76. The van der Waals surface area contributed by atoms with Gasteiger partial charge in [0.05, 0.1) is 11.8 Å². The third kappa shape index (κ3) is 3.51. The zero-order valence-electron chi connectivity index (χ0n) is 10.9. The molecule has 0 aliphatic rings. The molecule has 0 aliphatic heterocycles. The predicted octanol–water partition coefficient (Wildman–Crippen LogP) is 3.16. The molecule has 19 heavy (non-hydrogen) atoms. The van der Waals surface area contributed by atoms with Crippen LogP contribution in [-0.4, -0.2) is 10.1 Å². The van der Waals surface area contributed by atoms with Gasteiger partial charge in [0.15, 0.2) is 11.6 Å². The number of nitrogens with zero attached hydrogens (tertiary/aromatic N) is 1. The molecular formula is C15H16FNO2. The van der Waals surface area contributed by atoms with Gasteiger partial charge in [0.2, 0.25) is 0 Å². The van der Waals surface area contributed by atoms with E-state index in [2.05, 4.69) is 4.98 Å². The molecule has 2 rings (SSSR count). The molecule has 0 amide bonds. The summed E-state index contributed by atoms with van der Waals surface area (Å²) in [5.41, 5.74) is 2.17. The highest BCUT2D eigenvalue weighted by Gasteiger charge is 2.08. The van der Waals surface area contributed by atoms with Crippen molar-refractivity contribution in [2.24, 2.45) is 0 Å². The predicted molar refractivity (Wildman–Crippen MR) is 70.3 cm³/mol. The van der Waals surface area contributed by atoms with Crippen molar-refractivity contribution < 1.29 is 14.2 Å². The number of aryl methyl sites for hydroxylation is 1. The van der Waals surface area contributed by atoms with Gasteiger partial charge in [0.25, 0.3) is 0 Å². The molecule has 0 aliphatic carbocycles. The molecule has 100 valence electrons. The quantitative estimate of drug-likeness (QED) is 0.919. The molecule has 1 aromatic carbocycles. The van der Waals surface area contributed by atoms with Gasteiger partial charge < -0.3 is 9.84 Å². The zero-order chi connectivity index (χ0) is 13.8. The Labute approximate surface area is 111 Å². The average molecular weight is 261 g/mol. The van der Waals surface area contributed by atoms with E-state index in [1.165, 1.54) is 12.1 Å². The van der Waals surface area contributed by atoms with E-state index in [0.717, 1.165) is 11.4 Å². The highest BCUT2D eigenvalue weighted by Crippen LogP contribution is 2.22. The molecule has 1 N–H and O–H groups in total. The largest absolute Gasteiger partial charge is 0.484 e. The van der Waals surface area contributed by atoms with Crippen LogP contribution in [0.3, 0.4) is 0 Å². The molecule has 0 saturated heterocycles. The second kappa shape index (κ2) is 5.80. The van der Waals surface area contributed by atoms with E-state index in [9.17, 15) is 9.50 Å². The van der Waals surface area contributed by atoms with Crippen LogP contribution in [0, 0.1) is 12.7 Å². The van der Waals surface area contributed by atoms with Gasteiger partial charge in [-0.05, 0) is 43.7 Å². The first-order valence-corrected chi connectivity index (χ1v) is 6.09. The van der Waals surface area contributed by atoms with Crippen LogP contribution < -0.4 is 4.74 Å². The summed E-state index contributed by atoms with van der Waals surface area (Å²) in [5.74, 6) is -0.321. The van der Waals surface area contributed by atoms with Crippen LogP contribution in [0.25, 0.3) is 0 Å². The second-order valence-electron chi connectivity index (χ2n) is 4.42. The maximum Gasteiger partial charge on any atom is 0.165 e. The molecule has 1 atom stereocenters. The molecule has 3 nitrogen and oxygen atoms in total. The maximum absolute atomic E-state index is 13.7. The molecule has 0 fully saturated rings. The normalized spacial score (nSPS) is 12.2. The van der Waals surface area contributed by atoms with Gasteiger partial charge >= 0.3 is 0 Å². The van der Waals surface area contributed by atoms with E-state index in [-0.39, 0.29) is 12.4 Å². The van der Waals surface area contributed by atoms with E-state index in [1.54, 1.807) is 13.0 Å². The fourth-order valence-corrected chi connectivity index (χ4v) is 1.73. The van der Waals surface area contributed by atoms with Crippen LogP contribution in [0.2, 0.25) is 0 Å². The minimum atomic E-state index is -0.693. The van der Waals surface area contributed by atoms with Gasteiger partial charge in [-0.2, -0.15) is 0 Å². The molecule has 4 heteroatoms. The van der Waals surface area contributed by atoms with E-state index in [4.69, 9.17) is 4.74 Å². The smallest absolute Gasteiger partial charge is 0.165 e. The van der Waals surface area contributed by atoms with Crippen LogP contribution >= 0.6 is 0 Å². The van der Waals surface area contributed by atoms with Crippen LogP contribution in [0.5, 0.6) is 5.75 Å². The average Bonchev–Trinajstić information content (AvgIpc) is 2.37. The second-order valence-corrected chi connectivity index (χ2v) is 4.42. The molecule has 1 heterocycles. The minimum Gasteiger partial charge on any atom is -0.484 e. The van der Waals surface area contributed by atoms with E-state index in [1.807, 2.05) is 25.1 Å². The Balaban J connectivity index is 2.07. The molecule has 2 aromatic rings. The molecule has 0 bridgehead atoms. The van der Waals surface area contributed by atoms with Crippen molar-refractivity contribution in [3.05, 3.63) is 59.2 Å². The van der Waals surface area contributed by atoms with Gasteiger partial charge in [-0.1, -0.05) is 12.1 Å². The molecular weight excluding hydrogens is 245 g/mol. The Bertz CT molecular complexity index is 570. The Hall–Kier alpha value is -1.94. The summed E-state index contributed by atoms with van der Waals surface area (Å²) in [6.45, 7) is 3.69. The van der Waals surface area contributed by atoms with Gasteiger partial charge in [0.1, 0.15) is 6.61 Å². The van der Waals surface area contributed by atoms with Crippen molar-refractivity contribution in [2.75, 3.05) is 0 Å². The van der Waals surface area contributed by atoms with E-state index >= 15 is 0 Å². The fraction of sp³-hybridized carbons (Fsp3) is 0.267. The number of hydrogen-bond donors (Lipinski definition) is 1. The summed E-state index contributed by atoms with van der Waals surface area (Å²) >= 11 is 0. The standard InChI is InChI=1S/C15H16FNO2/c1-10-4-3-5-13(17-10)9-19-15-7-6-12(11(2)18)8-14(15)16/h3-8,11,18H,9H2,1-2H3/t11-/m1/s1. The summed E-state index contributed by atoms with van der Waals surface area (Å²) in [4.78, 5) is 4.28. The number of aliphatic hydroxyl groups is 1. The number of hydrogen-bond acceptors (Lipinski definition) is 3. The first-order chi connectivity index (χ1) is 9.06. The SMILES string of the molecule is Cc1cccc(COc2ccc([C@@H](C)O)cc2F)n1. The number of benzene rings is 1. The van der Waals surface area contributed by atoms with Gasteiger partial charge in [-0.25, -0.2) is 4.39 Å². The Kier molecular flexibility index (Phi) is 4.12. The number of aliphatic hydroxyl groups excluding tert-OH is 1. The van der Waals surface area contributed by atoms with Crippen LogP contribution in [0.1, 0.15) is 30.0 Å². The van der Waals surface area contributed by atoms with Crippen molar-refractivity contribution in [3.8, 4) is 5.75 Å². The summed E-state index contributed by atoms with van der Waals surface area (Å²) in [6, 6.07) is 10.0. The lowest BCUT2D eigenvalue weighted by Crippen LogP contribution is -2.01. The van der Waals surface area contributed by atoms with Crippen molar-refractivity contribution in [3.63, 3.8) is 0 Å². The van der Waals surface area contributed by atoms with E-state index in [0.29, 0.717) is 5.56 Å². The van der Waals surface area contributed by atoms with Crippen LogP contribution in [0.4, 0.5) is 4.39 Å². The van der Waals surface area contributed by atoms with Gasteiger partial charge in [-0.15, -0.1) is 0 Å². The zero-order valence-corrected chi connectivity index (χ0v) is 10.9. The molecule has 0 unspecified atom stereocenters. The Morgan fingerprint density at radius 3 is 2.74 bits per heavy atom. The molecule has 0 radical (unpaired) electrons.